The van der Waals surface area contributed by atoms with E-state index in [0.29, 0.717) is 12.3 Å². The van der Waals surface area contributed by atoms with Crippen LogP contribution < -0.4 is 5.32 Å². The molecule has 0 heterocycles. The van der Waals surface area contributed by atoms with Gasteiger partial charge in [0.15, 0.2) is 0 Å². The Morgan fingerprint density at radius 3 is 2.58 bits per heavy atom. The van der Waals surface area contributed by atoms with Crippen molar-refractivity contribution in [1.29, 1.82) is 0 Å². The second-order valence-corrected chi connectivity index (χ2v) is 5.10. The minimum absolute atomic E-state index is 0.0816. The molecule has 2 rings (SSSR count). The number of nitrogens with one attached hydrogen (secondary N) is 1. The fraction of sp³-hybridized carbons (Fsp3) is 0.200. The third-order valence-electron chi connectivity index (χ3n) is 2.80. The Balaban J connectivity index is 2.21. The summed E-state index contributed by atoms with van der Waals surface area (Å²) >= 11 is 3.25. The molecule has 1 N–H and O–H groups in total. The highest BCUT2D eigenvalue weighted by Crippen LogP contribution is 2.24. The topological polar surface area (TPSA) is 21.3 Å². The highest BCUT2D eigenvalue weighted by Gasteiger charge is 2.13. The molecule has 4 heteroatoms. The van der Waals surface area contributed by atoms with Crippen LogP contribution in [-0.4, -0.2) is 13.7 Å². The summed E-state index contributed by atoms with van der Waals surface area (Å²) in [4.78, 5) is 0. The van der Waals surface area contributed by atoms with Crippen molar-refractivity contribution < 1.29 is 9.13 Å². The molecule has 0 saturated carbocycles. The van der Waals surface area contributed by atoms with Crippen molar-refractivity contribution >= 4 is 21.6 Å². The predicted octanol–water partition coefficient (Wildman–Crippen LogP) is 4.39. The number of benzene rings is 2. The molecule has 19 heavy (non-hydrogen) atoms. The molecule has 2 nitrogen and oxygen atoms in total. The molecule has 1 atom stereocenters. The highest BCUT2D eigenvalue weighted by molar-refractivity contribution is 9.10. The van der Waals surface area contributed by atoms with E-state index in [1.807, 2.05) is 30.3 Å². The zero-order valence-electron chi connectivity index (χ0n) is 10.6. The van der Waals surface area contributed by atoms with Crippen molar-refractivity contribution in [3.05, 3.63) is 64.4 Å². The van der Waals surface area contributed by atoms with Crippen LogP contribution in [0.2, 0.25) is 0 Å². The molecule has 0 saturated heterocycles. The van der Waals surface area contributed by atoms with Crippen molar-refractivity contribution in [2.24, 2.45) is 0 Å². The zero-order valence-corrected chi connectivity index (χ0v) is 12.2. The monoisotopic (exact) mass is 323 g/mol. The van der Waals surface area contributed by atoms with Gasteiger partial charge < -0.3 is 10.1 Å². The first kappa shape index (κ1) is 14.0. The van der Waals surface area contributed by atoms with Gasteiger partial charge >= 0.3 is 0 Å². The first-order chi connectivity index (χ1) is 9.20. The quantitative estimate of drug-likeness (QED) is 0.881. The van der Waals surface area contributed by atoms with Gasteiger partial charge in [-0.15, -0.1) is 0 Å². The van der Waals surface area contributed by atoms with E-state index in [-0.39, 0.29) is 11.9 Å². The lowest BCUT2D eigenvalue weighted by Gasteiger charge is -2.20. The van der Waals surface area contributed by atoms with Crippen LogP contribution in [0.25, 0.3) is 0 Å². The fourth-order valence-electron chi connectivity index (χ4n) is 1.87. The summed E-state index contributed by atoms with van der Waals surface area (Å²) in [6.07, 6.45) is 0. The predicted molar refractivity (Wildman–Crippen MR) is 78.8 cm³/mol. The van der Waals surface area contributed by atoms with Gasteiger partial charge in [-0.25, -0.2) is 4.39 Å². The Hall–Kier alpha value is -1.39. The van der Waals surface area contributed by atoms with Gasteiger partial charge in [0.05, 0.1) is 18.3 Å². The molecule has 100 valence electrons. The van der Waals surface area contributed by atoms with Gasteiger partial charge in [0.1, 0.15) is 5.82 Å². The molecule has 0 amide bonds. The number of methoxy groups -OCH3 is 1. The third-order valence-corrected chi connectivity index (χ3v) is 3.29. The maximum absolute atomic E-state index is 13.8. The molecular formula is C15H15BrFNO. The Morgan fingerprint density at radius 1 is 1.21 bits per heavy atom. The Morgan fingerprint density at radius 2 is 1.95 bits per heavy atom. The molecule has 0 aromatic heterocycles. The minimum atomic E-state index is -0.286. The molecule has 1 unspecified atom stereocenters. The summed E-state index contributed by atoms with van der Waals surface area (Å²) in [6.45, 7) is 0.472. The molecule has 0 aliphatic heterocycles. The molecule has 2 aromatic rings. The van der Waals surface area contributed by atoms with Crippen LogP contribution in [0.1, 0.15) is 11.6 Å². The Bertz CT molecular complexity index is 533. The largest absolute Gasteiger partial charge is 0.382 e. The minimum Gasteiger partial charge on any atom is -0.382 e. The van der Waals surface area contributed by atoms with E-state index in [0.717, 1.165) is 10.0 Å². The SMILES string of the molecule is COCC(Nc1ccc(Br)cc1F)c1ccccc1. The number of anilines is 1. The number of ether oxygens (including phenoxy) is 1. The van der Waals surface area contributed by atoms with Crippen LogP contribution in [0, 0.1) is 5.82 Å². The fourth-order valence-corrected chi connectivity index (χ4v) is 2.20. The maximum Gasteiger partial charge on any atom is 0.147 e. The van der Waals surface area contributed by atoms with Crippen molar-refractivity contribution in [2.75, 3.05) is 19.0 Å². The Labute approximate surface area is 120 Å². The summed E-state index contributed by atoms with van der Waals surface area (Å²) in [5, 5.41) is 3.17. The normalized spacial score (nSPS) is 12.2. The summed E-state index contributed by atoms with van der Waals surface area (Å²) in [6, 6.07) is 14.7. The van der Waals surface area contributed by atoms with Gasteiger partial charge in [-0.1, -0.05) is 46.3 Å². The number of hydrogen-bond acceptors (Lipinski definition) is 2. The van der Waals surface area contributed by atoms with Crippen LogP contribution in [0.15, 0.2) is 53.0 Å². The van der Waals surface area contributed by atoms with E-state index in [1.54, 1.807) is 19.2 Å². The van der Waals surface area contributed by atoms with Gasteiger partial charge in [-0.05, 0) is 23.8 Å². The summed E-state index contributed by atoms with van der Waals surface area (Å²) in [5.74, 6) is -0.286. The average molecular weight is 324 g/mol. The molecule has 0 spiro atoms. The Kier molecular flexibility index (Phi) is 4.93. The van der Waals surface area contributed by atoms with Crippen molar-refractivity contribution in [3.8, 4) is 0 Å². The highest BCUT2D eigenvalue weighted by atomic mass is 79.9. The van der Waals surface area contributed by atoms with E-state index in [4.69, 9.17) is 4.74 Å². The first-order valence-corrected chi connectivity index (χ1v) is 6.75. The number of halogens is 2. The van der Waals surface area contributed by atoms with Gasteiger partial charge in [-0.3, -0.25) is 0 Å². The van der Waals surface area contributed by atoms with E-state index >= 15 is 0 Å². The first-order valence-electron chi connectivity index (χ1n) is 5.96. The van der Waals surface area contributed by atoms with E-state index in [1.165, 1.54) is 6.07 Å². The van der Waals surface area contributed by atoms with Crippen LogP contribution in [0.4, 0.5) is 10.1 Å². The summed E-state index contributed by atoms with van der Waals surface area (Å²) in [5.41, 5.74) is 1.53. The second-order valence-electron chi connectivity index (χ2n) is 4.19. The maximum atomic E-state index is 13.8. The van der Waals surface area contributed by atoms with Crippen LogP contribution >= 0.6 is 15.9 Å². The lowest BCUT2D eigenvalue weighted by atomic mass is 10.1. The van der Waals surface area contributed by atoms with Gasteiger partial charge in [0.25, 0.3) is 0 Å². The van der Waals surface area contributed by atoms with Crippen molar-refractivity contribution in [2.45, 2.75) is 6.04 Å². The average Bonchev–Trinajstić information content (AvgIpc) is 2.42. The summed E-state index contributed by atoms with van der Waals surface area (Å²) < 4.78 is 19.8. The van der Waals surface area contributed by atoms with Crippen LogP contribution in [0.3, 0.4) is 0 Å². The molecular weight excluding hydrogens is 309 g/mol. The van der Waals surface area contributed by atoms with Crippen LogP contribution in [0.5, 0.6) is 0 Å². The van der Waals surface area contributed by atoms with E-state index in [9.17, 15) is 4.39 Å². The standard InChI is InChI=1S/C15H15BrFNO/c1-19-10-15(11-5-3-2-4-6-11)18-14-8-7-12(16)9-13(14)17/h2-9,15,18H,10H2,1H3. The number of rotatable bonds is 5. The van der Waals surface area contributed by atoms with Gasteiger partial charge in [0, 0.05) is 11.6 Å². The third kappa shape index (κ3) is 3.78. The van der Waals surface area contributed by atoms with Crippen molar-refractivity contribution in [1.82, 2.24) is 0 Å². The summed E-state index contributed by atoms with van der Waals surface area (Å²) in [7, 11) is 1.63. The van der Waals surface area contributed by atoms with E-state index in [2.05, 4.69) is 21.2 Å². The molecule has 0 radical (unpaired) electrons. The van der Waals surface area contributed by atoms with Crippen molar-refractivity contribution in [3.63, 3.8) is 0 Å². The second kappa shape index (κ2) is 6.68. The number of hydrogen-bond donors (Lipinski definition) is 1. The van der Waals surface area contributed by atoms with E-state index < -0.39 is 0 Å². The lowest BCUT2D eigenvalue weighted by molar-refractivity contribution is 0.186. The molecule has 0 fully saturated rings. The van der Waals surface area contributed by atoms with Gasteiger partial charge in [0.2, 0.25) is 0 Å². The molecule has 0 aliphatic rings. The lowest BCUT2D eigenvalue weighted by Crippen LogP contribution is -2.16. The molecule has 0 bridgehead atoms. The van der Waals surface area contributed by atoms with Crippen LogP contribution in [-0.2, 0) is 4.74 Å². The van der Waals surface area contributed by atoms with Gasteiger partial charge in [-0.2, -0.15) is 0 Å². The smallest absolute Gasteiger partial charge is 0.147 e. The zero-order chi connectivity index (χ0) is 13.7. The molecule has 0 aliphatic carbocycles. The molecule has 2 aromatic carbocycles.